The molecule has 1 fully saturated rings. The molecule has 4 amide bonds. The lowest BCUT2D eigenvalue weighted by atomic mass is 10.1. The van der Waals surface area contributed by atoms with Crippen molar-refractivity contribution in [3.8, 4) is 5.75 Å². The highest BCUT2D eigenvalue weighted by molar-refractivity contribution is 6.22. The number of benzene rings is 2. The maximum Gasteiger partial charge on any atom is 0.415 e. The van der Waals surface area contributed by atoms with Crippen molar-refractivity contribution in [2.75, 3.05) is 32.7 Å². The Morgan fingerprint density at radius 2 is 1.53 bits per heavy atom. The highest BCUT2D eigenvalue weighted by atomic mass is 16.6. The molecule has 0 spiro atoms. The quantitative estimate of drug-likeness (QED) is 0.402. The maximum atomic E-state index is 12.7. The Morgan fingerprint density at radius 3 is 2.19 bits per heavy atom. The average molecular weight is 438 g/mol. The largest absolute Gasteiger partial charge is 0.415 e. The van der Waals surface area contributed by atoms with Crippen LogP contribution < -0.4 is 4.74 Å². The van der Waals surface area contributed by atoms with Crippen molar-refractivity contribution < 1.29 is 28.8 Å². The van der Waals surface area contributed by atoms with Crippen LogP contribution in [0, 0.1) is 10.1 Å². The van der Waals surface area contributed by atoms with Crippen molar-refractivity contribution in [1.29, 1.82) is 0 Å². The summed E-state index contributed by atoms with van der Waals surface area (Å²) in [5.74, 6) is -1.45. The highest BCUT2D eigenvalue weighted by Crippen LogP contribution is 2.26. The molecule has 0 aliphatic carbocycles. The van der Waals surface area contributed by atoms with Gasteiger partial charge in [0.25, 0.3) is 17.5 Å². The molecule has 32 heavy (non-hydrogen) atoms. The topological polar surface area (TPSA) is 130 Å². The van der Waals surface area contributed by atoms with Gasteiger partial charge in [-0.15, -0.1) is 0 Å². The van der Waals surface area contributed by atoms with E-state index >= 15 is 0 Å². The smallest absolute Gasteiger partial charge is 0.410 e. The van der Waals surface area contributed by atoms with Crippen LogP contribution in [0.25, 0.3) is 0 Å². The molecule has 1 saturated heterocycles. The molecule has 0 unspecified atom stereocenters. The van der Waals surface area contributed by atoms with E-state index < -0.39 is 35.3 Å². The number of carbonyl (C=O) groups excluding carboxylic acids is 4. The van der Waals surface area contributed by atoms with Gasteiger partial charge in [-0.25, -0.2) is 4.79 Å². The molecule has 2 heterocycles. The summed E-state index contributed by atoms with van der Waals surface area (Å²) in [6, 6.07) is 12.0. The fourth-order valence-corrected chi connectivity index (χ4v) is 3.56. The molecule has 0 atom stereocenters. The van der Waals surface area contributed by atoms with Gasteiger partial charge in [-0.2, -0.15) is 0 Å². The number of amides is 4. The number of fused-ring (bicyclic) bond motifs is 1. The number of rotatable bonds is 4. The third kappa shape index (κ3) is 4.00. The normalized spacial score (nSPS) is 15.6. The van der Waals surface area contributed by atoms with Crippen molar-refractivity contribution in [3.05, 3.63) is 69.8 Å². The Kier molecular flexibility index (Phi) is 5.54. The predicted molar refractivity (Wildman–Crippen MR) is 109 cm³/mol. The van der Waals surface area contributed by atoms with E-state index in [0.717, 1.165) is 17.0 Å². The number of non-ortho nitro benzene ring substituents is 1. The summed E-state index contributed by atoms with van der Waals surface area (Å²) < 4.78 is 5.29. The maximum absolute atomic E-state index is 12.7. The number of nitrogens with zero attached hydrogens (tertiary/aromatic N) is 4. The molecular weight excluding hydrogens is 420 g/mol. The number of nitro groups is 1. The fraction of sp³-hybridized carbons (Fsp3) is 0.238. The number of nitro benzene ring substituents is 1. The lowest BCUT2D eigenvalue weighted by molar-refractivity contribution is -0.384. The second kappa shape index (κ2) is 8.46. The second-order valence-corrected chi connectivity index (χ2v) is 7.23. The molecule has 11 nitrogen and oxygen atoms in total. The van der Waals surface area contributed by atoms with Crippen LogP contribution in [0.2, 0.25) is 0 Å². The van der Waals surface area contributed by atoms with Gasteiger partial charge in [-0.05, 0) is 18.2 Å². The fourth-order valence-electron chi connectivity index (χ4n) is 3.56. The van der Waals surface area contributed by atoms with Gasteiger partial charge in [0.2, 0.25) is 5.91 Å². The summed E-state index contributed by atoms with van der Waals surface area (Å²) in [7, 11) is 0. The van der Waals surface area contributed by atoms with Gasteiger partial charge in [0.1, 0.15) is 12.3 Å². The minimum atomic E-state index is -0.743. The molecule has 164 valence electrons. The molecule has 2 aromatic carbocycles. The molecule has 0 aromatic heterocycles. The van der Waals surface area contributed by atoms with Gasteiger partial charge in [0, 0.05) is 38.3 Å². The van der Waals surface area contributed by atoms with E-state index in [9.17, 15) is 29.3 Å². The first-order valence-corrected chi connectivity index (χ1v) is 9.79. The highest BCUT2D eigenvalue weighted by Gasteiger charge is 2.39. The molecule has 0 radical (unpaired) electrons. The van der Waals surface area contributed by atoms with Crippen LogP contribution in [0.15, 0.2) is 48.5 Å². The predicted octanol–water partition coefficient (Wildman–Crippen LogP) is 1.53. The Labute approximate surface area is 181 Å². The summed E-state index contributed by atoms with van der Waals surface area (Å²) in [6.07, 6.45) is -0.523. The van der Waals surface area contributed by atoms with Crippen LogP contribution in [0.4, 0.5) is 10.5 Å². The third-order valence-electron chi connectivity index (χ3n) is 5.30. The van der Waals surface area contributed by atoms with E-state index in [1.165, 1.54) is 15.9 Å². The van der Waals surface area contributed by atoms with E-state index in [1.54, 1.807) is 30.3 Å². The van der Waals surface area contributed by atoms with Crippen molar-refractivity contribution in [2.24, 2.45) is 0 Å². The van der Waals surface area contributed by atoms with Gasteiger partial charge in [-0.1, -0.05) is 18.2 Å². The Balaban J connectivity index is 1.34. The molecule has 2 aromatic rings. The number of imide groups is 1. The summed E-state index contributed by atoms with van der Waals surface area (Å²) >= 11 is 0. The van der Waals surface area contributed by atoms with Gasteiger partial charge in [0.15, 0.2) is 0 Å². The zero-order valence-corrected chi connectivity index (χ0v) is 16.8. The number of para-hydroxylation sites is 1. The monoisotopic (exact) mass is 438 g/mol. The number of carbonyl (C=O) groups is 4. The number of hydrogen-bond donors (Lipinski definition) is 0. The van der Waals surface area contributed by atoms with E-state index in [1.807, 2.05) is 0 Å². The summed E-state index contributed by atoms with van der Waals surface area (Å²) in [5, 5.41) is 10.9. The van der Waals surface area contributed by atoms with Crippen molar-refractivity contribution in [3.63, 3.8) is 0 Å². The Hall–Kier alpha value is -4.28. The third-order valence-corrected chi connectivity index (χ3v) is 5.30. The molecule has 0 N–H and O–H groups in total. The minimum Gasteiger partial charge on any atom is -0.410 e. The van der Waals surface area contributed by atoms with Crippen LogP contribution in [0.3, 0.4) is 0 Å². The van der Waals surface area contributed by atoms with Crippen LogP contribution in [0.1, 0.15) is 20.7 Å². The van der Waals surface area contributed by atoms with Gasteiger partial charge in [-0.3, -0.25) is 29.4 Å². The van der Waals surface area contributed by atoms with E-state index in [4.69, 9.17) is 4.74 Å². The standard InChI is InChI=1S/C21H18N4O7/c26-18(13-24-19(27)16-7-6-14(25(30)31)12-17(16)20(24)28)22-8-10-23(11-9-22)21(29)32-15-4-2-1-3-5-15/h1-7,12H,8-11,13H2. The number of hydrogen-bond acceptors (Lipinski definition) is 7. The van der Waals surface area contributed by atoms with Crippen LogP contribution in [-0.4, -0.2) is 76.2 Å². The first-order valence-electron chi connectivity index (χ1n) is 9.79. The summed E-state index contributed by atoms with van der Waals surface area (Å²) in [6.45, 7) is 0.445. The molecule has 0 bridgehead atoms. The van der Waals surface area contributed by atoms with E-state index in [-0.39, 0.29) is 43.0 Å². The van der Waals surface area contributed by atoms with Crippen LogP contribution >= 0.6 is 0 Å². The lowest BCUT2D eigenvalue weighted by Crippen LogP contribution is -2.53. The SMILES string of the molecule is O=C(CN1C(=O)c2ccc([N+](=O)[O-])cc2C1=O)N1CCN(C(=O)Oc2ccccc2)CC1. The molecule has 11 heteroatoms. The lowest BCUT2D eigenvalue weighted by Gasteiger charge is -2.34. The van der Waals surface area contributed by atoms with Gasteiger partial charge < -0.3 is 14.5 Å². The first kappa shape index (κ1) is 21.0. The molecule has 2 aliphatic heterocycles. The molecule has 2 aliphatic rings. The Morgan fingerprint density at radius 1 is 0.906 bits per heavy atom. The van der Waals surface area contributed by atoms with Crippen molar-refractivity contribution >= 4 is 29.5 Å². The first-order chi connectivity index (χ1) is 15.3. The molecule has 0 saturated carbocycles. The van der Waals surface area contributed by atoms with Gasteiger partial charge >= 0.3 is 6.09 Å². The van der Waals surface area contributed by atoms with Crippen LogP contribution in [0.5, 0.6) is 5.75 Å². The van der Waals surface area contributed by atoms with Crippen molar-refractivity contribution in [2.45, 2.75) is 0 Å². The van der Waals surface area contributed by atoms with E-state index in [2.05, 4.69) is 0 Å². The zero-order valence-electron chi connectivity index (χ0n) is 16.8. The van der Waals surface area contributed by atoms with Crippen LogP contribution in [-0.2, 0) is 4.79 Å². The van der Waals surface area contributed by atoms with Crippen molar-refractivity contribution in [1.82, 2.24) is 14.7 Å². The summed E-state index contributed by atoms with van der Waals surface area (Å²) in [5.41, 5.74) is -0.371. The van der Waals surface area contributed by atoms with Gasteiger partial charge in [0.05, 0.1) is 16.1 Å². The number of ether oxygens (including phenoxy) is 1. The second-order valence-electron chi connectivity index (χ2n) is 7.23. The minimum absolute atomic E-state index is 0.0295. The molecule has 4 rings (SSSR count). The summed E-state index contributed by atoms with van der Waals surface area (Å²) in [4.78, 5) is 64.0. The average Bonchev–Trinajstić information content (AvgIpc) is 3.04. The van der Waals surface area contributed by atoms with E-state index in [0.29, 0.717) is 5.75 Å². The zero-order chi connectivity index (χ0) is 22.8. The molecular formula is C21H18N4O7. The Bertz CT molecular complexity index is 1110. The number of piperazine rings is 1.